The number of nitrogens with two attached hydrogens (primary N) is 1. The molecule has 2 aromatic heterocycles. The van der Waals surface area contributed by atoms with Crippen molar-refractivity contribution in [3.8, 4) is 11.4 Å². The van der Waals surface area contributed by atoms with E-state index in [0.29, 0.717) is 5.65 Å². The van der Waals surface area contributed by atoms with Gasteiger partial charge in [0.05, 0.1) is 0 Å². The molecule has 2 heterocycles. The Balaban J connectivity index is 2.31. The monoisotopic (exact) mass is 211 g/mol. The highest BCUT2D eigenvalue weighted by molar-refractivity contribution is 5.58. The Bertz CT molecular complexity index is 629. The average Bonchev–Trinajstić information content (AvgIpc) is 2.70. The number of benzene rings is 1. The summed E-state index contributed by atoms with van der Waals surface area (Å²) in [7, 11) is 0. The summed E-state index contributed by atoms with van der Waals surface area (Å²) in [6, 6.07) is 11.6. The van der Waals surface area contributed by atoms with Crippen LogP contribution in [0.1, 0.15) is 0 Å². The van der Waals surface area contributed by atoms with E-state index in [2.05, 4.69) is 15.1 Å². The van der Waals surface area contributed by atoms with Crippen LogP contribution in [0.25, 0.3) is 17.0 Å². The summed E-state index contributed by atoms with van der Waals surface area (Å²) in [5.41, 5.74) is 7.25. The van der Waals surface area contributed by atoms with Crippen molar-refractivity contribution in [1.29, 1.82) is 0 Å². The van der Waals surface area contributed by atoms with Gasteiger partial charge in [0, 0.05) is 17.8 Å². The van der Waals surface area contributed by atoms with Crippen molar-refractivity contribution in [1.82, 2.24) is 19.6 Å². The molecule has 0 aliphatic rings. The van der Waals surface area contributed by atoms with Crippen LogP contribution in [0.15, 0.2) is 42.6 Å². The third-order valence-corrected chi connectivity index (χ3v) is 2.30. The van der Waals surface area contributed by atoms with Crippen LogP contribution in [0.3, 0.4) is 0 Å². The van der Waals surface area contributed by atoms with Crippen LogP contribution in [0.5, 0.6) is 0 Å². The van der Waals surface area contributed by atoms with Gasteiger partial charge in [0.25, 0.3) is 0 Å². The molecule has 5 heteroatoms. The normalized spacial score (nSPS) is 10.8. The molecule has 2 N–H and O–H groups in total. The molecule has 0 fully saturated rings. The molecule has 3 aromatic rings. The maximum absolute atomic E-state index is 5.57. The van der Waals surface area contributed by atoms with Crippen molar-refractivity contribution in [3.63, 3.8) is 0 Å². The summed E-state index contributed by atoms with van der Waals surface area (Å²) >= 11 is 0. The van der Waals surface area contributed by atoms with E-state index < -0.39 is 0 Å². The van der Waals surface area contributed by atoms with Crippen molar-refractivity contribution >= 4 is 11.6 Å². The van der Waals surface area contributed by atoms with E-state index in [1.54, 1.807) is 16.8 Å². The molecule has 0 aliphatic heterocycles. The van der Waals surface area contributed by atoms with Crippen LogP contribution < -0.4 is 5.73 Å². The van der Waals surface area contributed by atoms with Crippen LogP contribution in [0.2, 0.25) is 0 Å². The summed E-state index contributed by atoms with van der Waals surface area (Å²) < 4.78 is 1.64. The Kier molecular flexibility index (Phi) is 1.83. The van der Waals surface area contributed by atoms with Crippen LogP contribution in [0, 0.1) is 0 Å². The quantitative estimate of drug-likeness (QED) is 0.660. The molecule has 0 aliphatic carbocycles. The molecular weight excluding hydrogens is 202 g/mol. The van der Waals surface area contributed by atoms with Crippen LogP contribution in [-0.2, 0) is 0 Å². The maximum Gasteiger partial charge on any atom is 0.240 e. The minimum absolute atomic E-state index is 0.255. The fraction of sp³-hybridized carbons (Fsp3) is 0. The highest BCUT2D eigenvalue weighted by Gasteiger charge is 2.07. The molecular formula is C11H9N5. The molecule has 0 atom stereocenters. The largest absolute Gasteiger partial charge is 0.366 e. The molecule has 16 heavy (non-hydrogen) atoms. The van der Waals surface area contributed by atoms with E-state index in [1.807, 2.05) is 30.3 Å². The van der Waals surface area contributed by atoms with E-state index >= 15 is 0 Å². The number of nitrogen functional groups attached to an aromatic ring is 1. The minimum atomic E-state index is 0.255. The summed E-state index contributed by atoms with van der Waals surface area (Å²) in [5.74, 6) is 0.993. The summed E-state index contributed by atoms with van der Waals surface area (Å²) in [5, 5.41) is 4.11. The third kappa shape index (κ3) is 1.30. The summed E-state index contributed by atoms with van der Waals surface area (Å²) in [6.07, 6.45) is 1.70. The number of fused-ring (bicyclic) bond motifs is 1. The van der Waals surface area contributed by atoms with Crippen molar-refractivity contribution in [3.05, 3.63) is 42.6 Å². The lowest BCUT2D eigenvalue weighted by molar-refractivity contribution is 0.939. The maximum atomic E-state index is 5.57. The molecule has 0 spiro atoms. The average molecular weight is 211 g/mol. The fourth-order valence-electron chi connectivity index (χ4n) is 1.62. The molecule has 78 valence electrons. The first-order valence-electron chi connectivity index (χ1n) is 4.87. The van der Waals surface area contributed by atoms with Gasteiger partial charge in [-0.1, -0.05) is 30.3 Å². The Morgan fingerprint density at radius 3 is 2.69 bits per heavy atom. The van der Waals surface area contributed by atoms with Gasteiger partial charge in [0.1, 0.15) is 0 Å². The van der Waals surface area contributed by atoms with Crippen LogP contribution in [-0.4, -0.2) is 19.6 Å². The van der Waals surface area contributed by atoms with Gasteiger partial charge in [-0.25, -0.2) is 4.98 Å². The number of rotatable bonds is 1. The van der Waals surface area contributed by atoms with Gasteiger partial charge in [0.2, 0.25) is 5.95 Å². The van der Waals surface area contributed by atoms with E-state index in [0.717, 1.165) is 11.4 Å². The minimum Gasteiger partial charge on any atom is -0.366 e. The van der Waals surface area contributed by atoms with Crippen molar-refractivity contribution < 1.29 is 0 Å². The number of anilines is 1. The second-order valence-electron chi connectivity index (χ2n) is 3.37. The molecule has 0 radical (unpaired) electrons. The third-order valence-electron chi connectivity index (χ3n) is 2.30. The highest BCUT2D eigenvalue weighted by Crippen LogP contribution is 2.16. The standard InChI is InChI=1S/C11H9N5/c12-11-14-9-6-7-13-10(16(9)15-11)8-4-2-1-3-5-8/h1-7H,(H2,12,15). The Morgan fingerprint density at radius 2 is 1.88 bits per heavy atom. The smallest absolute Gasteiger partial charge is 0.240 e. The first kappa shape index (κ1) is 8.84. The fourth-order valence-corrected chi connectivity index (χ4v) is 1.62. The second-order valence-corrected chi connectivity index (χ2v) is 3.37. The SMILES string of the molecule is Nc1nc2ccnc(-c3ccccc3)n2n1. The van der Waals surface area contributed by atoms with Gasteiger partial charge in [-0.3, -0.25) is 0 Å². The number of hydrogen-bond acceptors (Lipinski definition) is 4. The first-order chi connectivity index (χ1) is 7.84. The van der Waals surface area contributed by atoms with Gasteiger partial charge in [-0.15, -0.1) is 5.10 Å². The van der Waals surface area contributed by atoms with E-state index in [1.165, 1.54) is 0 Å². The lowest BCUT2D eigenvalue weighted by Gasteiger charge is -2.01. The lowest BCUT2D eigenvalue weighted by atomic mass is 10.2. The van der Waals surface area contributed by atoms with Crippen molar-refractivity contribution in [2.24, 2.45) is 0 Å². The Labute approximate surface area is 91.6 Å². The highest BCUT2D eigenvalue weighted by atomic mass is 15.3. The van der Waals surface area contributed by atoms with Crippen LogP contribution >= 0.6 is 0 Å². The molecule has 0 amide bonds. The number of hydrogen-bond donors (Lipinski definition) is 1. The zero-order valence-corrected chi connectivity index (χ0v) is 8.41. The number of nitrogens with zero attached hydrogens (tertiary/aromatic N) is 4. The predicted octanol–water partition coefficient (Wildman–Crippen LogP) is 1.37. The van der Waals surface area contributed by atoms with Crippen molar-refractivity contribution in [2.45, 2.75) is 0 Å². The van der Waals surface area contributed by atoms with E-state index in [9.17, 15) is 0 Å². The Hall–Kier alpha value is -2.43. The van der Waals surface area contributed by atoms with Gasteiger partial charge < -0.3 is 5.73 Å². The van der Waals surface area contributed by atoms with Gasteiger partial charge >= 0.3 is 0 Å². The lowest BCUT2D eigenvalue weighted by Crippen LogP contribution is -1.97. The first-order valence-corrected chi connectivity index (χ1v) is 4.87. The Morgan fingerprint density at radius 1 is 1.06 bits per heavy atom. The second kappa shape index (κ2) is 3.30. The molecule has 0 unspecified atom stereocenters. The van der Waals surface area contributed by atoms with Gasteiger partial charge in [-0.2, -0.15) is 9.50 Å². The summed E-state index contributed by atoms with van der Waals surface area (Å²) in [6.45, 7) is 0. The van der Waals surface area contributed by atoms with Gasteiger partial charge in [0.15, 0.2) is 11.5 Å². The topological polar surface area (TPSA) is 69.1 Å². The van der Waals surface area contributed by atoms with E-state index in [-0.39, 0.29) is 5.95 Å². The molecule has 0 saturated carbocycles. The van der Waals surface area contributed by atoms with E-state index in [4.69, 9.17) is 5.73 Å². The van der Waals surface area contributed by atoms with Gasteiger partial charge in [-0.05, 0) is 0 Å². The zero-order chi connectivity index (χ0) is 11.0. The van der Waals surface area contributed by atoms with Crippen LogP contribution in [0.4, 0.5) is 5.95 Å². The summed E-state index contributed by atoms with van der Waals surface area (Å²) in [4.78, 5) is 8.38. The molecule has 0 saturated heterocycles. The molecule has 3 rings (SSSR count). The molecule has 1 aromatic carbocycles. The number of aromatic nitrogens is 4. The molecule has 0 bridgehead atoms. The zero-order valence-electron chi connectivity index (χ0n) is 8.41. The van der Waals surface area contributed by atoms with Crippen molar-refractivity contribution in [2.75, 3.05) is 5.73 Å². The predicted molar refractivity (Wildman–Crippen MR) is 60.6 cm³/mol. The molecule has 5 nitrogen and oxygen atoms in total.